The Kier molecular flexibility index (Phi) is 5.23. The molecule has 3 N–H and O–H groups in total. The summed E-state index contributed by atoms with van der Waals surface area (Å²) in [6.07, 6.45) is 0.916. The molecule has 4 nitrogen and oxygen atoms in total. The average Bonchev–Trinajstić information content (AvgIpc) is 2.27. The zero-order valence-corrected chi connectivity index (χ0v) is 13.0. The van der Waals surface area contributed by atoms with E-state index in [0.29, 0.717) is 6.54 Å². The van der Waals surface area contributed by atoms with E-state index in [1.165, 1.54) is 18.2 Å². The fourth-order valence-electron chi connectivity index (χ4n) is 1.74. The second-order valence-electron chi connectivity index (χ2n) is 5.77. The first-order chi connectivity index (χ1) is 8.69. The third kappa shape index (κ3) is 5.51. The summed E-state index contributed by atoms with van der Waals surface area (Å²) in [5.74, 6) is -0.586. The molecule has 1 atom stereocenters. The number of carbonyl (C=O) groups is 1. The zero-order chi connectivity index (χ0) is 14.6. The van der Waals surface area contributed by atoms with Gasteiger partial charge in [-0.3, -0.25) is 4.79 Å². The van der Waals surface area contributed by atoms with Crippen LogP contribution in [0.1, 0.15) is 37.6 Å². The van der Waals surface area contributed by atoms with Gasteiger partial charge in [0.15, 0.2) is 0 Å². The molecule has 0 spiro atoms. The van der Waals surface area contributed by atoms with Crippen molar-refractivity contribution in [3.8, 4) is 11.5 Å². The third-order valence-corrected chi connectivity index (χ3v) is 3.19. The number of alkyl halides is 1. The number of nitrogens with one attached hydrogen (secondary N) is 1. The topological polar surface area (TPSA) is 69.6 Å². The van der Waals surface area contributed by atoms with E-state index in [9.17, 15) is 15.0 Å². The summed E-state index contributed by atoms with van der Waals surface area (Å²) in [5, 5.41) is 21.6. The molecule has 0 aliphatic carbocycles. The lowest BCUT2D eigenvalue weighted by molar-refractivity contribution is 0.0949. The van der Waals surface area contributed by atoms with Crippen molar-refractivity contribution in [3.05, 3.63) is 23.8 Å². The summed E-state index contributed by atoms with van der Waals surface area (Å²) >= 11 is 3.52. The lowest BCUT2D eigenvalue weighted by atomic mass is 9.90. The summed E-state index contributed by atoms with van der Waals surface area (Å²) in [5.41, 5.74) is 0.252. The molecule has 0 saturated heterocycles. The number of halogens is 1. The highest BCUT2D eigenvalue weighted by molar-refractivity contribution is 9.09. The lowest BCUT2D eigenvalue weighted by Crippen LogP contribution is -2.31. The maximum Gasteiger partial charge on any atom is 0.255 e. The Bertz CT molecular complexity index is 454. The number of aromatic hydroxyl groups is 2. The summed E-state index contributed by atoms with van der Waals surface area (Å²) in [7, 11) is 0. The molecule has 19 heavy (non-hydrogen) atoms. The van der Waals surface area contributed by atoms with Crippen molar-refractivity contribution in [2.75, 3.05) is 6.54 Å². The van der Waals surface area contributed by atoms with E-state index in [2.05, 4.69) is 42.0 Å². The number of benzene rings is 1. The second-order valence-corrected chi connectivity index (χ2v) is 7.07. The zero-order valence-electron chi connectivity index (χ0n) is 11.4. The van der Waals surface area contributed by atoms with Crippen LogP contribution in [-0.2, 0) is 0 Å². The van der Waals surface area contributed by atoms with Gasteiger partial charge in [0.05, 0.1) is 5.56 Å². The van der Waals surface area contributed by atoms with E-state index in [-0.39, 0.29) is 27.3 Å². The molecule has 1 aromatic carbocycles. The van der Waals surface area contributed by atoms with Gasteiger partial charge in [0, 0.05) is 11.4 Å². The van der Waals surface area contributed by atoms with Crippen LogP contribution < -0.4 is 5.32 Å². The quantitative estimate of drug-likeness (QED) is 0.587. The van der Waals surface area contributed by atoms with E-state index >= 15 is 0 Å². The number of phenolic OH excluding ortho intramolecular Hbond substituents is 2. The van der Waals surface area contributed by atoms with Crippen LogP contribution in [-0.4, -0.2) is 27.5 Å². The molecule has 5 heteroatoms. The first-order valence-corrected chi connectivity index (χ1v) is 7.05. The number of hydrogen-bond donors (Lipinski definition) is 3. The highest BCUT2D eigenvalue weighted by atomic mass is 79.9. The molecule has 106 valence electrons. The Morgan fingerprint density at radius 2 is 2.00 bits per heavy atom. The molecule has 0 radical (unpaired) electrons. The summed E-state index contributed by atoms with van der Waals surface area (Å²) < 4.78 is 0. The van der Waals surface area contributed by atoms with Gasteiger partial charge in [-0.15, -0.1) is 0 Å². The van der Waals surface area contributed by atoms with Gasteiger partial charge in [0.25, 0.3) is 5.91 Å². The summed E-state index contributed by atoms with van der Waals surface area (Å²) in [6, 6.07) is 3.88. The lowest BCUT2D eigenvalue weighted by Gasteiger charge is -2.22. The van der Waals surface area contributed by atoms with Crippen LogP contribution in [0, 0.1) is 5.41 Å². The van der Waals surface area contributed by atoms with Crippen molar-refractivity contribution in [1.82, 2.24) is 5.32 Å². The predicted octanol–water partition coefficient (Wildman–Crippen LogP) is 3.03. The third-order valence-electron chi connectivity index (χ3n) is 2.54. The van der Waals surface area contributed by atoms with Crippen LogP contribution in [0.3, 0.4) is 0 Å². The Morgan fingerprint density at radius 1 is 1.37 bits per heavy atom. The molecular formula is C14H20BrNO3. The molecule has 0 fully saturated rings. The Balaban J connectivity index is 2.58. The number of rotatable bonds is 4. The van der Waals surface area contributed by atoms with Crippen LogP contribution in [0.5, 0.6) is 11.5 Å². The molecule has 1 rings (SSSR count). The summed E-state index contributed by atoms with van der Waals surface area (Å²) in [4.78, 5) is 12.0. The molecule has 1 aromatic rings. The van der Waals surface area contributed by atoms with Gasteiger partial charge in [-0.05, 0) is 30.0 Å². The van der Waals surface area contributed by atoms with Crippen LogP contribution in [0.2, 0.25) is 0 Å². The van der Waals surface area contributed by atoms with Crippen molar-refractivity contribution < 1.29 is 15.0 Å². The average molecular weight is 330 g/mol. The smallest absolute Gasteiger partial charge is 0.255 e. The highest BCUT2D eigenvalue weighted by Crippen LogP contribution is 2.25. The van der Waals surface area contributed by atoms with Crippen LogP contribution in [0.25, 0.3) is 0 Å². The minimum Gasteiger partial charge on any atom is -0.508 e. The maximum absolute atomic E-state index is 11.9. The van der Waals surface area contributed by atoms with Crippen molar-refractivity contribution in [3.63, 3.8) is 0 Å². The molecule has 1 unspecified atom stereocenters. The van der Waals surface area contributed by atoms with E-state index in [0.717, 1.165) is 6.42 Å². The standard InChI is InChI=1S/C14H20BrNO3/c1-14(2,3)7-9(15)8-16-13(19)11-6-10(17)4-5-12(11)18/h4-6,9,17-18H,7-8H2,1-3H3,(H,16,19). The van der Waals surface area contributed by atoms with Gasteiger partial charge in [-0.25, -0.2) is 0 Å². The van der Waals surface area contributed by atoms with E-state index < -0.39 is 5.91 Å². The van der Waals surface area contributed by atoms with Gasteiger partial charge < -0.3 is 15.5 Å². The Morgan fingerprint density at radius 3 is 2.58 bits per heavy atom. The number of hydrogen-bond acceptors (Lipinski definition) is 3. The molecule has 0 aliphatic heterocycles. The van der Waals surface area contributed by atoms with Gasteiger partial charge in [0.2, 0.25) is 0 Å². The Hall–Kier alpha value is -1.23. The van der Waals surface area contributed by atoms with Crippen molar-refractivity contribution in [1.29, 1.82) is 0 Å². The minimum atomic E-state index is -0.397. The number of amides is 1. The van der Waals surface area contributed by atoms with Crippen molar-refractivity contribution in [2.45, 2.75) is 32.0 Å². The predicted molar refractivity (Wildman–Crippen MR) is 78.9 cm³/mol. The molecule has 0 bridgehead atoms. The molecule has 0 aliphatic rings. The van der Waals surface area contributed by atoms with Gasteiger partial charge in [-0.1, -0.05) is 36.7 Å². The normalized spacial score (nSPS) is 13.1. The number of phenols is 2. The summed E-state index contributed by atoms with van der Waals surface area (Å²) in [6.45, 7) is 6.85. The van der Waals surface area contributed by atoms with Gasteiger partial charge in [-0.2, -0.15) is 0 Å². The monoisotopic (exact) mass is 329 g/mol. The van der Waals surface area contributed by atoms with Crippen LogP contribution in [0.15, 0.2) is 18.2 Å². The molecule has 0 heterocycles. The van der Waals surface area contributed by atoms with E-state index in [1.807, 2.05) is 0 Å². The van der Waals surface area contributed by atoms with Gasteiger partial charge in [0.1, 0.15) is 11.5 Å². The Labute approximate surface area is 122 Å². The van der Waals surface area contributed by atoms with E-state index in [1.54, 1.807) is 0 Å². The fourth-order valence-corrected chi connectivity index (χ4v) is 2.87. The molecule has 0 saturated carbocycles. The first-order valence-electron chi connectivity index (χ1n) is 6.13. The largest absolute Gasteiger partial charge is 0.508 e. The first kappa shape index (κ1) is 15.8. The van der Waals surface area contributed by atoms with Crippen molar-refractivity contribution in [2.24, 2.45) is 5.41 Å². The molecule has 1 amide bonds. The highest BCUT2D eigenvalue weighted by Gasteiger charge is 2.18. The number of carbonyl (C=O) groups excluding carboxylic acids is 1. The molecular weight excluding hydrogens is 310 g/mol. The minimum absolute atomic E-state index is 0.0481. The fraction of sp³-hybridized carbons (Fsp3) is 0.500. The maximum atomic E-state index is 11.9. The SMILES string of the molecule is CC(C)(C)CC(Br)CNC(=O)c1cc(O)ccc1O. The van der Waals surface area contributed by atoms with E-state index in [4.69, 9.17) is 0 Å². The van der Waals surface area contributed by atoms with Crippen molar-refractivity contribution >= 4 is 21.8 Å². The second kappa shape index (κ2) is 6.28. The molecule has 0 aromatic heterocycles. The van der Waals surface area contributed by atoms with Crippen LogP contribution in [0.4, 0.5) is 0 Å². The van der Waals surface area contributed by atoms with Crippen LogP contribution >= 0.6 is 15.9 Å². The van der Waals surface area contributed by atoms with Gasteiger partial charge >= 0.3 is 0 Å².